The molecular formula is C22H22N2O4. The lowest BCUT2D eigenvalue weighted by molar-refractivity contribution is -0.118. The topological polar surface area (TPSA) is 80.6 Å². The first-order valence-electron chi connectivity index (χ1n) is 8.88. The maximum absolute atomic E-state index is 12.4. The summed E-state index contributed by atoms with van der Waals surface area (Å²) in [5, 5.41) is 5.54. The van der Waals surface area contributed by atoms with Crippen molar-refractivity contribution in [3.8, 4) is 5.75 Å². The van der Waals surface area contributed by atoms with Gasteiger partial charge in [-0.25, -0.2) is 0 Å². The lowest BCUT2D eigenvalue weighted by atomic mass is 10.1. The Labute approximate surface area is 163 Å². The molecule has 0 saturated carbocycles. The first kappa shape index (κ1) is 19.2. The molecule has 6 heteroatoms. The van der Waals surface area contributed by atoms with E-state index in [4.69, 9.17) is 9.15 Å². The largest absolute Gasteiger partial charge is 0.483 e. The van der Waals surface area contributed by atoms with E-state index in [0.29, 0.717) is 17.1 Å². The first-order chi connectivity index (χ1) is 13.4. The van der Waals surface area contributed by atoms with Crippen LogP contribution in [-0.2, 0) is 4.79 Å². The number of carbonyl (C=O) groups is 2. The Kier molecular flexibility index (Phi) is 5.79. The van der Waals surface area contributed by atoms with Crippen molar-refractivity contribution in [3.05, 3.63) is 77.2 Å². The van der Waals surface area contributed by atoms with Gasteiger partial charge in [0.15, 0.2) is 12.4 Å². The molecule has 0 aliphatic rings. The van der Waals surface area contributed by atoms with Crippen LogP contribution in [0, 0.1) is 20.8 Å². The van der Waals surface area contributed by atoms with Crippen LogP contribution in [0.25, 0.3) is 0 Å². The second-order valence-corrected chi connectivity index (χ2v) is 6.59. The molecule has 3 rings (SSSR count). The van der Waals surface area contributed by atoms with Crippen LogP contribution in [0.4, 0.5) is 11.4 Å². The van der Waals surface area contributed by atoms with Gasteiger partial charge < -0.3 is 19.8 Å². The highest BCUT2D eigenvalue weighted by Gasteiger charge is 2.14. The Morgan fingerprint density at radius 1 is 0.929 bits per heavy atom. The molecule has 0 atom stereocenters. The number of nitrogens with one attached hydrogen (secondary N) is 2. The molecule has 28 heavy (non-hydrogen) atoms. The molecule has 0 spiro atoms. The van der Waals surface area contributed by atoms with E-state index in [9.17, 15) is 9.59 Å². The highest BCUT2D eigenvalue weighted by atomic mass is 16.5. The number of carbonyl (C=O) groups excluding carboxylic acids is 2. The van der Waals surface area contributed by atoms with Crippen molar-refractivity contribution in [2.45, 2.75) is 20.8 Å². The molecule has 0 aliphatic heterocycles. The number of aryl methyl sites for hydroxylation is 3. The minimum absolute atomic E-state index is 0.136. The van der Waals surface area contributed by atoms with Gasteiger partial charge >= 0.3 is 0 Å². The van der Waals surface area contributed by atoms with Gasteiger partial charge in [0.25, 0.3) is 11.8 Å². The van der Waals surface area contributed by atoms with Gasteiger partial charge in [-0.2, -0.15) is 0 Å². The Bertz CT molecular complexity index is 994. The molecule has 2 amide bonds. The van der Waals surface area contributed by atoms with Crippen LogP contribution in [0.5, 0.6) is 5.75 Å². The summed E-state index contributed by atoms with van der Waals surface area (Å²) in [4.78, 5) is 24.6. The fourth-order valence-electron chi connectivity index (χ4n) is 2.75. The van der Waals surface area contributed by atoms with Crippen molar-refractivity contribution in [1.29, 1.82) is 0 Å². The van der Waals surface area contributed by atoms with Gasteiger partial charge in [0, 0.05) is 0 Å². The quantitative estimate of drug-likeness (QED) is 0.663. The number of rotatable bonds is 6. The van der Waals surface area contributed by atoms with E-state index in [0.717, 1.165) is 16.7 Å². The van der Waals surface area contributed by atoms with E-state index >= 15 is 0 Å². The lowest BCUT2D eigenvalue weighted by Crippen LogP contribution is -2.22. The molecule has 1 aromatic heterocycles. The van der Waals surface area contributed by atoms with Crippen molar-refractivity contribution in [1.82, 2.24) is 0 Å². The Balaban J connectivity index is 1.67. The SMILES string of the molecule is Cc1ccc(OCC(=O)Nc2cc(C)ccc2NC(=O)c2ccco2)c(C)c1. The summed E-state index contributed by atoms with van der Waals surface area (Å²) in [6.07, 6.45) is 1.43. The van der Waals surface area contributed by atoms with Crippen molar-refractivity contribution in [2.75, 3.05) is 17.2 Å². The molecule has 0 radical (unpaired) electrons. The molecule has 1 heterocycles. The van der Waals surface area contributed by atoms with E-state index in [1.54, 1.807) is 24.3 Å². The van der Waals surface area contributed by atoms with E-state index < -0.39 is 5.91 Å². The molecular weight excluding hydrogens is 356 g/mol. The number of ether oxygens (including phenoxy) is 1. The van der Waals surface area contributed by atoms with Gasteiger partial charge in [-0.1, -0.05) is 23.8 Å². The zero-order valence-corrected chi connectivity index (χ0v) is 16.0. The molecule has 2 aromatic carbocycles. The molecule has 2 N–H and O–H groups in total. The van der Waals surface area contributed by atoms with Crippen LogP contribution >= 0.6 is 0 Å². The van der Waals surface area contributed by atoms with Crippen LogP contribution in [-0.4, -0.2) is 18.4 Å². The third kappa shape index (κ3) is 4.79. The minimum atomic E-state index is -0.393. The standard InChI is InChI=1S/C22H22N2O4/c1-14-7-9-19(16(3)11-14)28-13-21(25)23-18-12-15(2)6-8-17(18)24-22(26)20-5-4-10-27-20/h4-12H,13H2,1-3H3,(H,23,25)(H,24,26). The smallest absolute Gasteiger partial charge is 0.291 e. The van der Waals surface area contributed by atoms with Crippen LogP contribution < -0.4 is 15.4 Å². The molecule has 0 saturated heterocycles. The summed E-state index contributed by atoms with van der Waals surface area (Å²) in [5.41, 5.74) is 4.02. The Hall–Kier alpha value is -3.54. The fourth-order valence-corrected chi connectivity index (χ4v) is 2.75. The maximum Gasteiger partial charge on any atom is 0.291 e. The normalized spacial score (nSPS) is 10.4. The van der Waals surface area contributed by atoms with Gasteiger partial charge in [0.05, 0.1) is 17.6 Å². The number of benzene rings is 2. The molecule has 0 unspecified atom stereocenters. The third-order valence-corrected chi connectivity index (χ3v) is 4.13. The van der Waals surface area contributed by atoms with Gasteiger partial charge in [0.1, 0.15) is 5.75 Å². The highest BCUT2D eigenvalue weighted by Crippen LogP contribution is 2.24. The Morgan fingerprint density at radius 3 is 2.39 bits per heavy atom. The van der Waals surface area contributed by atoms with Crippen molar-refractivity contribution in [2.24, 2.45) is 0 Å². The highest BCUT2D eigenvalue weighted by molar-refractivity contribution is 6.06. The lowest BCUT2D eigenvalue weighted by Gasteiger charge is -2.14. The van der Waals surface area contributed by atoms with E-state index in [2.05, 4.69) is 10.6 Å². The van der Waals surface area contributed by atoms with Crippen molar-refractivity contribution >= 4 is 23.2 Å². The summed E-state index contributed by atoms with van der Waals surface area (Å²) in [5.74, 6) is 0.141. The van der Waals surface area contributed by atoms with Crippen molar-refractivity contribution < 1.29 is 18.7 Å². The van der Waals surface area contributed by atoms with Crippen LogP contribution in [0.3, 0.4) is 0 Å². The number of hydrogen-bond acceptors (Lipinski definition) is 4. The zero-order valence-electron chi connectivity index (χ0n) is 16.0. The molecule has 0 aliphatic carbocycles. The van der Waals surface area contributed by atoms with Gasteiger partial charge in [-0.15, -0.1) is 0 Å². The number of amides is 2. The fraction of sp³-hybridized carbons (Fsp3) is 0.182. The molecule has 144 valence electrons. The monoisotopic (exact) mass is 378 g/mol. The average molecular weight is 378 g/mol. The van der Waals surface area contributed by atoms with E-state index in [-0.39, 0.29) is 18.3 Å². The number of anilines is 2. The predicted molar refractivity (Wildman–Crippen MR) is 108 cm³/mol. The second kappa shape index (κ2) is 8.43. The molecule has 6 nitrogen and oxygen atoms in total. The summed E-state index contributed by atoms with van der Waals surface area (Å²) in [6, 6.07) is 14.3. The maximum atomic E-state index is 12.4. The zero-order chi connectivity index (χ0) is 20.1. The molecule has 0 bridgehead atoms. The summed E-state index contributed by atoms with van der Waals surface area (Å²) >= 11 is 0. The summed E-state index contributed by atoms with van der Waals surface area (Å²) < 4.78 is 10.7. The Morgan fingerprint density at radius 2 is 1.68 bits per heavy atom. The second-order valence-electron chi connectivity index (χ2n) is 6.59. The number of furan rings is 1. The van der Waals surface area contributed by atoms with Crippen LogP contribution in [0.15, 0.2) is 59.2 Å². The first-order valence-corrected chi connectivity index (χ1v) is 8.88. The summed E-state index contributed by atoms with van der Waals surface area (Å²) in [7, 11) is 0. The van der Waals surface area contributed by atoms with Crippen molar-refractivity contribution in [3.63, 3.8) is 0 Å². The predicted octanol–water partition coefficient (Wildman–Crippen LogP) is 4.47. The average Bonchev–Trinajstić information content (AvgIpc) is 3.18. The van der Waals surface area contributed by atoms with E-state index in [1.807, 2.05) is 45.0 Å². The van der Waals surface area contributed by atoms with Crippen LogP contribution in [0.1, 0.15) is 27.2 Å². The van der Waals surface area contributed by atoms with Crippen LogP contribution in [0.2, 0.25) is 0 Å². The van der Waals surface area contributed by atoms with Gasteiger partial charge in [0.2, 0.25) is 0 Å². The summed E-state index contributed by atoms with van der Waals surface area (Å²) in [6.45, 7) is 5.70. The molecule has 3 aromatic rings. The van der Waals surface area contributed by atoms with Gasteiger partial charge in [-0.05, 0) is 62.2 Å². The van der Waals surface area contributed by atoms with Gasteiger partial charge in [-0.3, -0.25) is 9.59 Å². The third-order valence-electron chi connectivity index (χ3n) is 4.13. The minimum Gasteiger partial charge on any atom is -0.483 e. The van der Waals surface area contributed by atoms with E-state index in [1.165, 1.54) is 6.26 Å². The number of hydrogen-bond donors (Lipinski definition) is 2. The molecule has 0 fully saturated rings.